The van der Waals surface area contributed by atoms with E-state index in [1.54, 1.807) is 50.2 Å². The van der Waals surface area contributed by atoms with Gasteiger partial charge in [0.05, 0.1) is 10.6 Å². The molecule has 0 radical (unpaired) electrons. The molecule has 0 aliphatic heterocycles. The number of hydrogen-bond donors (Lipinski definition) is 1. The monoisotopic (exact) mass is 599 g/mol. The van der Waals surface area contributed by atoms with Crippen LogP contribution in [-0.4, -0.2) is 44.3 Å². The number of para-hydroxylation sites is 1. The smallest absolute Gasteiger partial charge is 0.264 e. The van der Waals surface area contributed by atoms with Crippen molar-refractivity contribution < 1.29 is 18.0 Å². The number of sulfonamides is 1. The van der Waals surface area contributed by atoms with E-state index in [4.69, 9.17) is 0 Å². The van der Waals surface area contributed by atoms with Crippen molar-refractivity contribution in [3.05, 3.63) is 94.5 Å². The SMILES string of the molecule is Cc1ccccc1N(CC(=O)N(Cc1cccc(Br)c1)[C@H](C)C(=O)NCC(C)C)S(=O)(=O)c1ccccc1. The molecule has 0 bridgehead atoms. The molecule has 0 aliphatic rings. The Morgan fingerprint density at radius 1 is 0.921 bits per heavy atom. The van der Waals surface area contributed by atoms with Gasteiger partial charge in [0.1, 0.15) is 12.6 Å². The number of aryl methyl sites for hydroxylation is 1. The summed E-state index contributed by atoms with van der Waals surface area (Å²) in [7, 11) is -4.07. The van der Waals surface area contributed by atoms with Gasteiger partial charge in [-0.25, -0.2) is 8.42 Å². The summed E-state index contributed by atoms with van der Waals surface area (Å²) in [5.74, 6) is -0.539. The van der Waals surface area contributed by atoms with E-state index < -0.39 is 28.5 Å². The molecular weight excluding hydrogens is 566 g/mol. The second kappa shape index (κ2) is 13.1. The number of halogens is 1. The summed E-state index contributed by atoms with van der Waals surface area (Å²) in [5, 5.41) is 2.89. The van der Waals surface area contributed by atoms with Gasteiger partial charge in [-0.3, -0.25) is 13.9 Å². The van der Waals surface area contributed by atoms with Gasteiger partial charge in [-0.1, -0.05) is 78.3 Å². The molecule has 0 saturated heterocycles. The summed E-state index contributed by atoms with van der Waals surface area (Å²) in [4.78, 5) is 28.5. The van der Waals surface area contributed by atoms with Crippen LogP contribution in [-0.2, 0) is 26.2 Å². The van der Waals surface area contributed by atoms with Crippen LogP contribution < -0.4 is 9.62 Å². The first-order valence-corrected chi connectivity index (χ1v) is 14.7. The number of amides is 2. The van der Waals surface area contributed by atoms with Gasteiger partial charge in [0.2, 0.25) is 11.8 Å². The molecule has 3 aromatic carbocycles. The van der Waals surface area contributed by atoms with Crippen LogP contribution in [0.1, 0.15) is 31.9 Å². The van der Waals surface area contributed by atoms with Gasteiger partial charge in [-0.2, -0.15) is 0 Å². The Hall–Kier alpha value is -3.17. The average Bonchev–Trinajstić information content (AvgIpc) is 2.89. The minimum absolute atomic E-state index is 0.0808. The summed E-state index contributed by atoms with van der Waals surface area (Å²) in [5.41, 5.74) is 1.93. The fourth-order valence-corrected chi connectivity index (χ4v) is 5.89. The van der Waals surface area contributed by atoms with Crippen molar-refractivity contribution in [2.45, 2.75) is 45.2 Å². The van der Waals surface area contributed by atoms with Gasteiger partial charge in [-0.15, -0.1) is 0 Å². The zero-order valence-corrected chi connectivity index (χ0v) is 24.5. The lowest BCUT2D eigenvalue weighted by molar-refractivity contribution is -0.139. The maximum absolute atomic E-state index is 13.9. The molecule has 0 saturated carbocycles. The zero-order valence-electron chi connectivity index (χ0n) is 22.1. The molecule has 7 nitrogen and oxygen atoms in total. The molecule has 1 N–H and O–H groups in total. The Labute approximate surface area is 234 Å². The van der Waals surface area contributed by atoms with E-state index in [-0.39, 0.29) is 23.3 Å². The van der Waals surface area contributed by atoms with Crippen molar-refractivity contribution in [1.29, 1.82) is 0 Å². The lowest BCUT2D eigenvalue weighted by atomic mass is 10.1. The van der Waals surface area contributed by atoms with Crippen molar-refractivity contribution in [2.24, 2.45) is 5.92 Å². The first kappa shape index (κ1) is 29.4. The second-order valence-corrected chi connectivity index (χ2v) is 12.4. The van der Waals surface area contributed by atoms with E-state index >= 15 is 0 Å². The van der Waals surface area contributed by atoms with Crippen LogP contribution in [0, 0.1) is 12.8 Å². The Bertz CT molecular complexity index is 1360. The highest BCUT2D eigenvalue weighted by molar-refractivity contribution is 9.10. The quantitative estimate of drug-likeness (QED) is 0.330. The van der Waals surface area contributed by atoms with Gasteiger partial charge >= 0.3 is 0 Å². The first-order valence-electron chi connectivity index (χ1n) is 12.5. The molecular formula is C29H34BrN3O4S. The van der Waals surface area contributed by atoms with E-state index in [0.717, 1.165) is 14.3 Å². The van der Waals surface area contributed by atoms with E-state index in [2.05, 4.69) is 21.2 Å². The third-order valence-corrected chi connectivity index (χ3v) is 8.36. The van der Waals surface area contributed by atoms with Crippen LogP contribution >= 0.6 is 15.9 Å². The Kier molecular flexibility index (Phi) is 10.1. The third kappa shape index (κ3) is 7.45. The molecule has 2 amide bonds. The number of carbonyl (C=O) groups excluding carboxylic acids is 2. The third-order valence-electron chi connectivity index (χ3n) is 6.09. The summed E-state index contributed by atoms with van der Waals surface area (Å²) in [6.07, 6.45) is 0. The molecule has 3 aromatic rings. The lowest BCUT2D eigenvalue weighted by Crippen LogP contribution is -2.51. The maximum atomic E-state index is 13.9. The van der Waals surface area contributed by atoms with E-state index in [1.807, 2.05) is 44.2 Å². The van der Waals surface area contributed by atoms with Gasteiger partial charge in [-0.05, 0) is 61.2 Å². The molecule has 3 rings (SSSR count). The summed E-state index contributed by atoms with van der Waals surface area (Å²) >= 11 is 3.46. The van der Waals surface area contributed by atoms with Gasteiger partial charge in [0.15, 0.2) is 0 Å². The minimum Gasteiger partial charge on any atom is -0.354 e. The Morgan fingerprint density at radius 2 is 1.58 bits per heavy atom. The minimum atomic E-state index is -4.07. The molecule has 0 unspecified atom stereocenters. The topological polar surface area (TPSA) is 86.8 Å². The summed E-state index contributed by atoms with van der Waals surface area (Å²) in [6, 6.07) is 21.7. The number of hydrogen-bond acceptors (Lipinski definition) is 4. The Morgan fingerprint density at radius 3 is 2.21 bits per heavy atom. The number of carbonyl (C=O) groups is 2. The van der Waals surface area contributed by atoms with Crippen molar-refractivity contribution >= 4 is 43.5 Å². The molecule has 0 heterocycles. The van der Waals surface area contributed by atoms with E-state index in [9.17, 15) is 18.0 Å². The fraction of sp³-hybridized carbons (Fsp3) is 0.310. The van der Waals surface area contributed by atoms with Crippen LogP contribution in [0.4, 0.5) is 5.69 Å². The number of rotatable bonds is 11. The highest BCUT2D eigenvalue weighted by Crippen LogP contribution is 2.27. The van der Waals surface area contributed by atoms with Crippen molar-refractivity contribution in [2.75, 3.05) is 17.4 Å². The van der Waals surface area contributed by atoms with Crippen LogP contribution in [0.25, 0.3) is 0 Å². The highest BCUT2D eigenvalue weighted by Gasteiger charge is 2.33. The van der Waals surface area contributed by atoms with E-state index in [1.165, 1.54) is 17.0 Å². The highest BCUT2D eigenvalue weighted by atomic mass is 79.9. The second-order valence-electron chi connectivity index (χ2n) is 9.58. The summed E-state index contributed by atoms with van der Waals surface area (Å²) in [6.45, 7) is 7.59. The Balaban J connectivity index is 2.01. The first-order chi connectivity index (χ1) is 18.0. The van der Waals surface area contributed by atoms with Crippen LogP contribution in [0.15, 0.2) is 88.2 Å². The number of anilines is 1. The molecule has 9 heteroatoms. The molecule has 1 atom stereocenters. The van der Waals surface area contributed by atoms with Crippen molar-refractivity contribution in [1.82, 2.24) is 10.2 Å². The van der Waals surface area contributed by atoms with Crippen LogP contribution in [0.2, 0.25) is 0 Å². The predicted octanol–water partition coefficient (Wildman–Crippen LogP) is 5.14. The van der Waals surface area contributed by atoms with Crippen molar-refractivity contribution in [3.8, 4) is 0 Å². The fourth-order valence-electron chi connectivity index (χ4n) is 3.94. The number of nitrogens with zero attached hydrogens (tertiary/aromatic N) is 2. The summed E-state index contributed by atoms with van der Waals surface area (Å²) < 4.78 is 29.6. The van der Waals surface area contributed by atoms with Crippen molar-refractivity contribution in [3.63, 3.8) is 0 Å². The molecule has 202 valence electrons. The largest absolute Gasteiger partial charge is 0.354 e. The zero-order chi connectivity index (χ0) is 27.9. The number of benzene rings is 3. The van der Waals surface area contributed by atoms with Gasteiger partial charge in [0, 0.05) is 17.6 Å². The van der Waals surface area contributed by atoms with Gasteiger partial charge in [0.25, 0.3) is 10.0 Å². The molecule has 0 fully saturated rings. The standard InChI is InChI=1S/C29H34BrN3O4S/c1-21(2)18-31-29(35)23(4)32(19-24-12-10-13-25(30)17-24)28(34)20-33(27-16-9-8-11-22(27)3)38(36,37)26-14-6-5-7-15-26/h5-17,21,23H,18-20H2,1-4H3,(H,31,35)/t23-/m1/s1. The number of nitrogens with one attached hydrogen (secondary N) is 1. The van der Waals surface area contributed by atoms with Crippen LogP contribution in [0.3, 0.4) is 0 Å². The molecule has 0 aliphatic carbocycles. The van der Waals surface area contributed by atoms with E-state index in [0.29, 0.717) is 17.8 Å². The predicted molar refractivity (Wildman–Crippen MR) is 154 cm³/mol. The maximum Gasteiger partial charge on any atom is 0.264 e. The average molecular weight is 601 g/mol. The van der Waals surface area contributed by atoms with Crippen LogP contribution in [0.5, 0.6) is 0 Å². The normalized spacial score (nSPS) is 12.2. The molecule has 38 heavy (non-hydrogen) atoms. The van der Waals surface area contributed by atoms with Gasteiger partial charge < -0.3 is 10.2 Å². The lowest BCUT2D eigenvalue weighted by Gasteiger charge is -2.32. The molecule has 0 aromatic heterocycles. The molecule has 0 spiro atoms.